The lowest BCUT2D eigenvalue weighted by Crippen LogP contribution is -2.13. The number of benzene rings is 2. The van der Waals surface area contributed by atoms with Gasteiger partial charge in [0.1, 0.15) is 11.5 Å². The molecule has 0 aliphatic carbocycles. The molecule has 29 heavy (non-hydrogen) atoms. The Balaban J connectivity index is 1.58. The Bertz CT molecular complexity index is 1100. The van der Waals surface area contributed by atoms with E-state index in [0.717, 1.165) is 0 Å². The zero-order valence-electron chi connectivity index (χ0n) is 15.5. The molecule has 2 aromatic carbocycles. The predicted molar refractivity (Wildman–Crippen MR) is 107 cm³/mol. The van der Waals surface area contributed by atoms with Gasteiger partial charge in [-0.15, -0.1) is 0 Å². The fourth-order valence-corrected chi connectivity index (χ4v) is 3.91. The lowest BCUT2D eigenvalue weighted by Gasteiger charge is -2.10. The molecule has 0 bridgehead atoms. The molecule has 1 aromatic heterocycles. The van der Waals surface area contributed by atoms with Gasteiger partial charge in [-0.25, -0.2) is 8.42 Å². The lowest BCUT2D eigenvalue weighted by molar-refractivity contribution is -0.116. The van der Waals surface area contributed by atoms with E-state index in [1.165, 1.54) is 19.2 Å². The molecule has 8 nitrogen and oxygen atoms in total. The molecule has 0 fully saturated rings. The zero-order chi connectivity index (χ0) is 20.9. The average molecular weight is 436 g/mol. The number of amides is 1. The van der Waals surface area contributed by atoms with Crippen LogP contribution in [-0.2, 0) is 26.8 Å². The van der Waals surface area contributed by atoms with Gasteiger partial charge < -0.3 is 14.6 Å². The maximum atomic E-state index is 12.4. The predicted octanol–water partition coefficient (Wildman–Crippen LogP) is 3.28. The quantitative estimate of drug-likeness (QED) is 0.577. The molecular weight excluding hydrogens is 418 g/mol. The van der Waals surface area contributed by atoms with Crippen molar-refractivity contribution in [3.8, 4) is 5.75 Å². The van der Waals surface area contributed by atoms with Crippen molar-refractivity contribution in [1.82, 2.24) is 10.1 Å². The van der Waals surface area contributed by atoms with Crippen LogP contribution in [0.3, 0.4) is 0 Å². The number of aromatic nitrogens is 2. The molecular formula is C19H18ClN3O5S. The smallest absolute Gasteiger partial charge is 0.227 e. The van der Waals surface area contributed by atoms with Crippen LogP contribution in [0, 0.1) is 0 Å². The maximum absolute atomic E-state index is 12.4. The van der Waals surface area contributed by atoms with Crippen molar-refractivity contribution < 1.29 is 22.5 Å². The number of nitrogens with one attached hydrogen (secondary N) is 1. The number of sulfone groups is 1. The van der Waals surface area contributed by atoms with Crippen LogP contribution >= 0.6 is 11.6 Å². The first-order chi connectivity index (χ1) is 13.9. The highest BCUT2D eigenvalue weighted by atomic mass is 35.5. The van der Waals surface area contributed by atoms with Crippen LogP contribution in [0.25, 0.3) is 0 Å². The van der Waals surface area contributed by atoms with E-state index >= 15 is 0 Å². The number of aryl methyl sites for hydroxylation is 1. The van der Waals surface area contributed by atoms with Crippen molar-refractivity contribution >= 4 is 33.0 Å². The van der Waals surface area contributed by atoms with E-state index in [4.69, 9.17) is 20.9 Å². The number of carbonyl (C=O) groups excluding carboxylic acids is 1. The Morgan fingerprint density at radius 2 is 1.97 bits per heavy atom. The minimum absolute atomic E-state index is 0.0424. The molecule has 10 heteroatoms. The van der Waals surface area contributed by atoms with Gasteiger partial charge in [-0.05, 0) is 30.3 Å². The number of ether oxygens (including phenoxy) is 1. The summed E-state index contributed by atoms with van der Waals surface area (Å²) in [5, 5.41) is 6.86. The van der Waals surface area contributed by atoms with Crippen molar-refractivity contribution in [1.29, 1.82) is 0 Å². The minimum atomic E-state index is -3.57. The molecule has 0 radical (unpaired) electrons. The molecule has 1 N–H and O–H groups in total. The second kappa shape index (κ2) is 9.06. The van der Waals surface area contributed by atoms with Crippen molar-refractivity contribution in [3.05, 3.63) is 65.3 Å². The van der Waals surface area contributed by atoms with E-state index in [2.05, 4.69) is 15.5 Å². The standard InChI is InChI=1S/C19H18ClN3O5S/c1-27-16-8-7-13(20)11-15(16)21-18(24)9-10-19-22-17(23-28-19)12-29(25,26)14-5-3-2-4-6-14/h2-8,11H,9-10,12H2,1H3,(H,21,24). The fraction of sp³-hybridized carbons (Fsp3) is 0.211. The normalized spacial score (nSPS) is 11.2. The lowest BCUT2D eigenvalue weighted by atomic mass is 10.2. The highest BCUT2D eigenvalue weighted by Crippen LogP contribution is 2.27. The van der Waals surface area contributed by atoms with Crippen molar-refractivity contribution in [2.45, 2.75) is 23.5 Å². The van der Waals surface area contributed by atoms with Gasteiger partial charge >= 0.3 is 0 Å². The van der Waals surface area contributed by atoms with Gasteiger partial charge in [-0.1, -0.05) is 35.0 Å². The molecule has 1 amide bonds. The summed E-state index contributed by atoms with van der Waals surface area (Å²) in [5.74, 6) is 0.0142. The largest absolute Gasteiger partial charge is 0.495 e. The SMILES string of the molecule is COc1ccc(Cl)cc1NC(=O)CCc1nc(CS(=O)(=O)c2ccccc2)no1. The van der Waals surface area contributed by atoms with Gasteiger partial charge in [0.25, 0.3) is 0 Å². The first-order valence-electron chi connectivity index (χ1n) is 8.60. The van der Waals surface area contributed by atoms with E-state index < -0.39 is 9.84 Å². The Kier molecular flexibility index (Phi) is 6.50. The molecule has 0 spiro atoms. The first kappa shape index (κ1) is 20.8. The average Bonchev–Trinajstić information content (AvgIpc) is 3.14. The van der Waals surface area contributed by atoms with Gasteiger partial charge in [0.2, 0.25) is 11.8 Å². The fourth-order valence-electron chi connectivity index (χ4n) is 2.54. The molecule has 3 rings (SSSR count). The third kappa shape index (κ3) is 5.55. The summed E-state index contributed by atoms with van der Waals surface area (Å²) in [6, 6.07) is 12.9. The molecule has 0 unspecified atom stereocenters. The van der Waals surface area contributed by atoms with E-state index in [9.17, 15) is 13.2 Å². The van der Waals surface area contributed by atoms with E-state index in [-0.39, 0.29) is 41.1 Å². The number of rotatable bonds is 8. The Labute approximate surface area is 172 Å². The number of hydrogen-bond acceptors (Lipinski definition) is 7. The van der Waals surface area contributed by atoms with Crippen LogP contribution in [0.5, 0.6) is 5.75 Å². The third-order valence-corrected chi connectivity index (χ3v) is 5.80. The van der Waals surface area contributed by atoms with Gasteiger partial charge in [-0.2, -0.15) is 4.98 Å². The summed E-state index contributed by atoms with van der Waals surface area (Å²) in [4.78, 5) is 16.4. The molecule has 0 aliphatic heterocycles. The topological polar surface area (TPSA) is 111 Å². The van der Waals surface area contributed by atoms with Crippen molar-refractivity contribution in [3.63, 3.8) is 0 Å². The van der Waals surface area contributed by atoms with Gasteiger partial charge in [0, 0.05) is 17.9 Å². The van der Waals surface area contributed by atoms with E-state index in [1.54, 1.807) is 36.4 Å². The number of anilines is 1. The maximum Gasteiger partial charge on any atom is 0.227 e. The molecule has 0 atom stereocenters. The van der Waals surface area contributed by atoms with E-state index in [1.807, 2.05) is 0 Å². The molecule has 0 aliphatic rings. The van der Waals surface area contributed by atoms with Crippen LogP contribution in [-0.4, -0.2) is 31.6 Å². The zero-order valence-corrected chi connectivity index (χ0v) is 17.0. The third-order valence-electron chi connectivity index (χ3n) is 3.93. The first-order valence-corrected chi connectivity index (χ1v) is 10.6. The van der Waals surface area contributed by atoms with Crippen LogP contribution in [0.1, 0.15) is 18.1 Å². The molecule has 3 aromatic rings. The minimum Gasteiger partial charge on any atom is -0.495 e. The summed E-state index contributed by atoms with van der Waals surface area (Å²) < 4.78 is 35.0. The molecule has 0 saturated carbocycles. The summed E-state index contributed by atoms with van der Waals surface area (Å²) in [6.45, 7) is 0. The highest BCUT2D eigenvalue weighted by Gasteiger charge is 2.19. The van der Waals surface area contributed by atoms with Crippen LogP contribution in [0.2, 0.25) is 5.02 Å². The highest BCUT2D eigenvalue weighted by molar-refractivity contribution is 7.90. The number of methoxy groups -OCH3 is 1. The van der Waals surface area contributed by atoms with Crippen LogP contribution in [0.15, 0.2) is 57.9 Å². The summed E-state index contributed by atoms with van der Waals surface area (Å²) in [7, 11) is -2.09. The van der Waals surface area contributed by atoms with Crippen molar-refractivity contribution in [2.75, 3.05) is 12.4 Å². The molecule has 152 valence electrons. The Morgan fingerprint density at radius 1 is 1.21 bits per heavy atom. The Hall–Kier alpha value is -2.91. The second-order valence-corrected chi connectivity index (χ2v) is 8.50. The second-order valence-electron chi connectivity index (χ2n) is 6.07. The summed E-state index contributed by atoms with van der Waals surface area (Å²) in [6.07, 6.45) is 0.218. The van der Waals surface area contributed by atoms with Crippen LogP contribution < -0.4 is 10.1 Å². The summed E-state index contributed by atoms with van der Waals surface area (Å²) in [5.41, 5.74) is 0.449. The molecule has 1 heterocycles. The Morgan fingerprint density at radius 3 is 2.69 bits per heavy atom. The number of hydrogen-bond donors (Lipinski definition) is 1. The van der Waals surface area contributed by atoms with Gasteiger partial charge in [-0.3, -0.25) is 4.79 Å². The molecule has 0 saturated heterocycles. The monoisotopic (exact) mass is 435 g/mol. The van der Waals surface area contributed by atoms with Gasteiger partial charge in [0.15, 0.2) is 15.7 Å². The number of nitrogens with zero attached hydrogens (tertiary/aromatic N) is 2. The van der Waals surface area contributed by atoms with Gasteiger partial charge in [0.05, 0.1) is 17.7 Å². The van der Waals surface area contributed by atoms with Crippen LogP contribution in [0.4, 0.5) is 5.69 Å². The van der Waals surface area contributed by atoms with Crippen molar-refractivity contribution in [2.24, 2.45) is 0 Å². The number of carbonyl (C=O) groups is 1. The van der Waals surface area contributed by atoms with E-state index in [0.29, 0.717) is 16.5 Å². The summed E-state index contributed by atoms with van der Waals surface area (Å²) >= 11 is 5.94. The number of halogens is 1.